The molecule has 0 saturated heterocycles. The first-order valence-electron chi connectivity index (χ1n) is 5.72. The lowest BCUT2D eigenvalue weighted by molar-refractivity contribution is -0.115. The molecular formula is C12H13ClN4OS. The third-order valence-corrected chi connectivity index (χ3v) is 3.68. The Kier molecular flexibility index (Phi) is 4.44. The predicted octanol–water partition coefficient (Wildman–Crippen LogP) is 2.20. The van der Waals surface area contributed by atoms with Gasteiger partial charge in [-0.1, -0.05) is 35.5 Å². The topological polar surface area (TPSA) is 73.8 Å². The molecule has 100 valence electrons. The summed E-state index contributed by atoms with van der Waals surface area (Å²) in [6.45, 7) is 2.70. The second-order valence-electron chi connectivity index (χ2n) is 3.82. The van der Waals surface area contributed by atoms with E-state index in [0.717, 1.165) is 11.4 Å². The first kappa shape index (κ1) is 13.9. The number of thioether (sulfide) groups is 1. The molecule has 0 fully saturated rings. The molecule has 0 radical (unpaired) electrons. The number of carbonyl (C=O) groups is 1. The third kappa shape index (κ3) is 3.27. The summed E-state index contributed by atoms with van der Waals surface area (Å²) in [6.07, 6.45) is 0. The molecule has 0 aliphatic rings. The molecular weight excluding hydrogens is 284 g/mol. The lowest BCUT2D eigenvalue weighted by Crippen LogP contribution is -2.13. The first-order valence-corrected chi connectivity index (χ1v) is 7.08. The minimum atomic E-state index is -0.375. The van der Waals surface area contributed by atoms with E-state index >= 15 is 0 Å². The SMILES string of the molecule is CCn1c(SCC(N)=O)nnc1-c1cccc(Cl)c1. The molecule has 1 aromatic heterocycles. The summed E-state index contributed by atoms with van der Waals surface area (Å²) in [7, 11) is 0. The number of primary amides is 1. The standard InChI is InChI=1S/C12H13ClN4OS/c1-2-17-11(8-4-3-5-9(13)6-8)15-16-12(17)19-7-10(14)18/h3-6H,2,7H2,1H3,(H2,14,18). The normalized spacial score (nSPS) is 10.6. The smallest absolute Gasteiger partial charge is 0.227 e. The summed E-state index contributed by atoms with van der Waals surface area (Å²) >= 11 is 7.26. The molecule has 5 nitrogen and oxygen atoms in total. The molecule has 2 aromatic rings. The van der Waals surface area contributed by atoms with Crippen LogP contribution in [0.25, 0.3) is 11.4 Å². The highest BCUT2D eigenvalue weighted by atomic mass is 35.5. The zero-order chi connectivity index (χ0) is 13.8. The van der Waals surface area contributed by atoms with Crippen molar-refractivity contribution in [2.24, 2.45) is 5.73 Å². The average molecular weight is 297 g/mol. The van der Waals surface area contributed by atoms with Crippen LogP contribution in [-0.2, 0) is 11.3 Å². The molecule has 0 atom stereocenters. The van der Waals surface area contributed by atoms with Crippen molar-refractivity contribution in [1.82, 2.24) is 14.8 Å². The Morgan fingerprint density at radius 2 is 2.26 bits per heavy atom. The van der Waals surface area contributed by atoms with Crippen molar-refractivity contribution in [2.75, 3.05) is 5.75 Å². The molecule has 1 heterocycles. The van der Waals surface area contributed by atoms with Crippen LogP contribution >= 0.6 is 23.4 Å². The summed E-state index contributed by atoms with van der Waals surface area (Å²) in [5, 5.41) is 9.57. The second kappa shape index (κ2) is 6.08. The molecule has 7 heteroatoms. The Morgan fingerprint density at radius 3 is 2.89 bits per heavy atom. The molecule has 0 spiro atoms. The van der Waals surface area contributed by atoms with E-state index < -0.39 is 0 Å². The van der Waals surface area contributed by atoms with E-state index in [0.29, 0.717) is 16.7 Å². The van der Waals surface area contributed by atoms with E-state index in [9.17, 15) is 4.79 Å². The van der Waals surface area contributed by atoms with Gasteiger partial charge in [0.15, 0.2) is 11.0 Å². The van der Waals surface area contributed by atoms with Crippen LogP contribution < -0.4 is 5.73 Å². The summed E-state index contributed by atoms with van der Waals surface area (Å²) in [5.41, 5.74) is 6.03. The van der Waals surface area contributed by atoms with Gasteiger partial charge in [0, 0.05) is 17.1 Å². The number of nitrogens with zero attached hydrogens (tertiary/aromatic N) is 3. The predicted molar refractivity (Wildman–Crippen MR) is 76.1 cm³/mol. The molecule has 2 rings (SSSR count). The van der Waals surface area contributed by atoms with E-state index in [1.54, 1.807) is 6.07 Å². The number of carbonyl (C=O) groups excluding carboxylic acids is 1. The summed E-state index contributed by atoms with van der Waals surface area (Å²) < 4.78 is 1.93. The molecule has 0 aliphatic carbocycles. The van der Waals surface area contributed by atoms with Gasteiger partial charge in [0.05, 0.1) is 5.75 Å². The van der Waals surface area contributed by atoms with Gasteiger partial charge in [0.1, 0.15) is 0 Å². The van der Waals surface area contributed by atoms with Gasteiger partial charge in [0.2, 0.25) is 5.91 Å². The lowest BCUT2D eigenvalue weighted by Gasteiger charge is -2.06. The fourth-order valence-corrected chi connectivity index (χ4v) is 2.59. The molecule has 0 unspecified atom stereocenters. The van der Waals surface area contributed by atoms with Crippen molar-refractivity contribution >= 4 is 29.3 Å². The number of benzene rings is 1. The number of amides is 1. The number of rotatable bonds is 5. The Labute approximate surface area is 120 Å². The van der Waals surface area contributed by atoms with Crippen LogP contribution in [0.4, 0.5) is 0 Å². The van der Waals surface area contributed by atoms with E-state index in [4.69, 9.17) is 17.3 Å². The third-order valence-electron chi connectivity index (χ3n) is 2.46. The van der Waals surface area contributed by atoms with Gasteiger partial charge in [-0.25, -0.2) is 0 Å². The number of nitrogens with two attached hydrogens (primary N) is 1. The van der Waals surface area contributed by atoms with Crippen molar-refractivity contribution in [3.63, 3.8) is 0 Å². The molecule has 1 aromatic carbocycles. The number of halogens is 1. The maximum atomic E-state index is 10.8. The maximum absolute atomic E-state index is 10.8. The minimum Gasteiger partial charge on any atom is -0.369 e. The second-order valence-corrected chi connectivity index (χ2v) is 5.19. The highest BCUT2D eigenvalue weighted by Gasteiger charge is 2.13. The fraction of sp³-hybridized carbons (Fsp3) is 0.250. The Hall–Kier alpha value is -1.53. The van der Waals surface area contributed by atoms with Crippen LogP contribution in [0.1, 0.15) is 6.92 Å². The maximum Gasteiger partial charge on any atom is 0.227 e. The van der Waals surface area contributed by atoms with Crippen LogP contribution in [0.5, 0.6) is 0 Å². The van der Waals surface area contributed by atoms with E-state index in [1.807, 2.05) is 29.7 Å². The molecule has 0 bridgehead atoms. The zero-order valence-corrected chi connectivity index (χ0v) is 11.9. The van der Waals surface area contributed by atoms with Gasteiger partial charge in [-0.3, -0.25) is 4.79 Å². The van der Waals surface area contributed by atoms with Crippen molar-refractivity contribution in [2.45, 2.75) is 18.6 Å². The van der Waals surface area contributed by atoms with Crippen molar-refractivity contribution in [3.8, 4) is 11.4 Å². The quantitative estimate of drug-likeness (QED) is 0.858. The van der Waals surface area contributed by atoms with Crippen LogP contribution in [0.2, 0.25) is 5.02 Å². The number of hydrogen-bond acceptors (Lipinski definition) is 4. The van der Waals surface area contributed by atoms with Crippen molar-refractivity contribution in [1.29, 1.82) is 0 Å². The Balaban J connectivity index is 2.34. The summed E-state index contributed by atoms with van der Waals surface area (Å²) in [5.74, 6) is 0.546. The minimum absolute atomic E-state index is 0.188. The van der Waals surface area contributed by atoms with Crippen molar-refractivity contribution in [3.05, 3.63) is 29.3 Å². The van der Waals surface area contributed by atoms with Gasteiger partial charge >= 0.3 is 0 Å². The molecule has 0 saturated carbocycles. The lowest BCUT2D eigenvalue weighted by atomic mass is 10.2. The van der Waals surface area contributed by atoms with Crippen LogP contribution in [-0.4, -0.2) is 26.4 Å². The van der Waals surface area contributed by atoms with Gasteiger partial charge in [-0.05, 0) is 19.1 Å². The van der Waals surface area contributed by atoms with Gasteiger partial charge in [-0.15, -0.1) is 10.2 Å². The molecule has 1 amide bonds. The highest BCUT2D eigenvalue weighted by Crippen LogP contribution is 2.25. The first-order chi connectivity index (χ1) is 9.11. The van der Waals surface area contributed by atoms with Crippen LogP contribution in [0.15, 0.2) is 29.4 Å². The van der Waals surface area contributed by atoms with E-state index in [1.165, 1.54) is 11.8 Å². The van der Waals surface area contributed by atoms with Crippen LogP contribution in [0.3, 0.4) is 0 Å². The highest BCUT2D eigenvalue weighted by molar-refractivity contribution is 7.99. The van der Waals surface area contributed by atoms with E-state index in [2.05, 4.69) is 10.2 Å². The van der Waals surface area contributed by atoms with Gasteiger partial charge in [-0.2, -0.15) is 0 Å². The summed E-state index contributed by atoms with van der Waals surface area (Å²) in [6, 6.07) is 7.42. The molecule has 0 aliphatic heterocycles. The Bertz CT molecular complexity index is 599. The van der Waals surface area contributed by atoms with Gasteiger partial charge < -0.3 is 10.3 Å². The zero-order valence-electron chi connectivity index (χ0n) is 10.3. The molecule has 19 heavy (non-hydrogen) atoms. The Morgan fingerprint density at radius 1 is 1.47 bits per heavy atom. The number of hydrogen-bond donors (Lipinski definition) is 1. The largest absolute Gasteiger partial charge is 0.369 e. The van der Waals surface area contributed by atoms with Crippen molar-refractivity contribution < 1.29 is 4.79 Å². The fourth-order valence-electron chi connectivity index (χ4n) is 1.66. The molecule has 2 N–H and O–H groups in total. The monoisotopic (exact) mass is 296 g/mol. The van der Waals surface area contributed by atoms with Gasteiger partial charge in [0.25, 0.3) is 0 Å². The summed E-state index contributed by atoms with van der Waals surface area (Å²) in [4.78, 5) is 10.8. The average Bonchev–Trinajstić information content (AvgIpc) is 2.79. The van der Waals surface area contributed by atoms with Crippen LogP contribution in [0, 0.1) is 0 Å². The van der Waals surface area contributed by atoms with E-state index in [-0.39, 0.29) is 11.7 Å². The number of aromatic nitrogens is 3.